The van der Waals surface area contributed by atoms with Crippen molar-refractivity contribution in [2.45, 2.75) is 6.42 Å². The Morgan fingerprint density at radius 2 is 2.00 bits per heavy atom. The lowest BCUT2D eigenvalue weighted by Gasteiger charge is -2.11. The van der Waals surface area contributed by atoms with Crippen LogP contribution < -0.4 is 10.6 Å². The van der Waals surface area contributed by atoms with Crippen LogP contribution in [0.4, 0.5) is 10.5 Å². The number of amides is 2. The van der Waals surface area contributed by atoms with E-state index in [0.717, 1.165) is 11.3 Å². The number of methoxy groups -OCH3 is 1. The SMILES string of the molecule is COCCc1ccccc1NC(=O)NCCOCC(=O)O. The first-order valence-electron chi connectivity index (χ1n) is 6.54. The van der Waals surface area contributed by atoms with E-state index in [1.165, 1.54) is 0 Å². The van der Waals surface area contributed by atoms with Crippen LogP contribution in [-0.4, -0.2) is 50.6 Å². The van der Waals surface area contributed by atoms with Gasteiger partial charge in [-0.25, -0.2) is 9.59 Å². The molecule has 7 heteroatoms. The third kappa shape index (κ3) is 7.28. The predicted octanol–water partition coefficient (Wildman–Crippen LogP) is 1.10. The number of nitrogens with one attached hydrogen (secondary N) is 2. The first-order chi connectivity index (χ1) is 10.1. The molecule has 0 aromatic heterocycles. The van der Waals surface area contributed by atoms with Crippen molar-refractivity contribution in [1.29, 1.82) is 0 Å². The molecule has 0 heterocycles. The van der Waals surface area contributed by atoms with Crippen molar-refractivity contribution < 1.29 is 24.2 Å². The fourth-order valence-electron chi connectivity index (χ4n) is 1.63. The molecule has 2 amide bonds. The number of hydrogen-bond acceptors (Lipinski definition) is 4. The molecular formula is C14H20N2O5. The van der Waals surface area contributed by atoms with E-state index in [1.54, 1.807) is 7.11 Å². The molecule has 0 atom stereocenters. The van der Waals surface area contributed by atoms with E-state index in [-0.39, 0.29) is 25.8 Å². The number of benzene rings is 1. The van der Waals surface area contributed by atoms with E-state index in [9.17, 15) is 9.59 Å². The average Bonchev–Trinajstić information content (AvgIpc) is 2.45. The summed E-state index contributed by atoms with van der Waals surface area (Å²) < 4.78 is 9.84. The van der Waals surface area contributed by atoms with Gasteiger partial charge in [0.1, 0.15) is 6.61 Å². The van der Waals surface area contributed by atoms with Crippen LogP contribution in [-0.2, 0) is 20.7 Å². The van der Waals surface area contributed by atoms with Gasteiger partial charge < -0.3 is 25.2 Å². The van der Waals surface area contributed by atoms with Gasteiger partial charge in [0.15, 0.2) is 0 Å². The van der Waals surface area contributed by atoms with Gasteiger partial charge in [-0.2, -0.15) is 0 Å². The smallest absolute Gasteiger partial charge is 0.329 e. The summed E-state index contributed by atoms with van der Waals surface area (Å²) in [5.74, 6) is -1.04. The second-order valence-electron chi connectivity index (χ2n) is 4.23. The highest BCUT2D eigenvalue weighted by atomic mass is 16.5. The predicted molar refractivity (Wildman–Crippen MR) is 77.5 cm³/mol. The van der Waals surface area contributed by atoms with Gasteiger partial charge in [0.2, 0.25) is 0 Å². The number of aliphatic carboxylic acids is 1. The number of ether oxygens (including phenoxy) is 2. The standard InChI is InChI=1S/C14H20N2O5/c1-20-8-6-11-4-2-3-5-12(11)16-14(19)15-7-9-21-10-13(17)18/h2-5H,6-10H2,1H3,(H,17,18)(H2,15,16,19). The third-order valence-corrected chi connectivity index (χ3v) is 2.60. The summed E-state index contributed by atoms with van der Waals surface area (Å²) in [6.45, 7) is 0.580. The molecule has 1 aromatic carbocycles. The van der Waals surface area contributed by atoms with Crippen LogP contribution in [0.5, 0.6) is 0 Å². The lowest BCUT2D eigenvalue weighted by molar-refractivity contribution is -0.142. The first kappa shape index (κ1) is 16.9. The highest BCUT2D eigenvalue weighted by Crippen LogP contribution is 2.15. The molecular weight excluding hydrogens is 276 g/mol. The van der Waals surface area contributed by atoms with Gasteiger partial charge in [0.05, 0.1) is 13.2 Å². The second kappa shape index (κ2) is 9.73. The molecule has 0 spiro atoms. The molecule has 3 N–H and O–H groups in total. The van der Waals surface area contributed by atoms with Gasteiger partial charge in [-0.15, -0.1) is 0 Å². The van der Waals surface area contributed by atoms with E-state index in [0.29, 0.717) is 13.0 Å². The van der Waals surface area contributed by atoms with Crippen molar-refractivity contribution in [1.82, 2.24) is 5.32 Å². The number of carboxylic acid groups (broad SMARTS) is 1. The Kier molecular flexibility index (Phi) is 7.85. The highest BCUT2D eigenvalue weighted by Gasteiger charge is 2.06. The lowest BCUT2D eigenvalue weighted by Crippen LogP contribution is -2.32. The number of para-hydroxylation sites is 1. The Bertz CT molecular complexity index is 464. The van der Waals surface area contributed by atoms with Gasteiger partial charge in [0.25, 0.3) is 0 Å². The first-order valence-corrected chi connectivity index (χ1v) is 6.54. The highest BCUT2D eigenvalue weighted by molar-refractivity contribution is 5.90. The van der Waals surface area contributed by atoms with E-state index in [4.69, 9.17) is 14.6 Å². The molecule has 0 bridgehead atoms. The minimum absolute atomic E-state index is 0.144. The fraction of sp³-hybridized carbons (Fsp3) is 0.429. The van der Waals surface area contributed by atoms with Crippen LogP contribution in [0.3, 0.4) is 0 Å². The molecule has 1 rings (SSSR count). The van der Waals surface area contributed by atoms with Crippen LogP contribution in [0.1, 0.15) is 5.56 Å². The maximum atomic E-state index is 11.7. The van der Waals surface area contributed by atoms with Crippen LogP contribution in [0.15, 0.2) is 24.3 Å². The Morgan fingerprint density at radius 1 is 1.24 bits per heavy atom. The van der Waals surface area contributed by atoms with Gasteiger partial charge in [-0.1, -0.05) is 18.2 Å². The lowest BCUT2D eigenvalue weighted by atomic mass is 10.1. The summed E-state index contributed by atoms with van der Waals surface area (Å²) >= 11 is 0. The number of rotatable bonds is 9. The monoisotopic (exact) mass is 296 g/mol. The Balaban J connectivity index is 2.35. The molecule has 7 nitrogen and oxygen atoms in total. The van der Waals surface area contributed by atoms with Crippen LogP contribution in [0.25, 0.3) is 0 Å². The maximum absolute atomic E-state index is 11.7. The van der Waals surface area contributed by atoms with E-state index in [1.807, 2.05) is 24.3 Å². The molecule has 0 saturated carbocycles. The van der Waals surface area contributed by atoms with Crippen molar-refractivity contribution >= 4 is 17.7 Å². The molecule has 21 heavy (non-hydrogen) atoms. The van der Waals surface area contributed by atoms with E-state index >= 15 is 0 Å². The molecule has 0 fully saturated rings. The molecule has 0 aliphatic carbocycles. The average molecular weight is 296 g/mol. The van der Waals surface area contributed by atoms with Crippen molar-refractivity contribution in [2.75, 3.05) is 38.8 Å². The number of urea groups is 1. The Hall–Kier alpha value is -2.12. The van der Waals surface area contributed by atoms with Gasteiger partial charge >= 0.3 is 12.0 Å². The van der Waals surface area contributed by atoms with Crippen molar-refractivity contribution in [3.63, 3.8) is 0 Å². The van der Waals surface area contributed by atoms with Crippen LogP contribution >= 0.6 is 0 Å². The maximum Gasteiger partial charge on any atom is 0.329 e. The molecule has 0 aliphatic rings. The van der Waals surface area contributed by atoms with E-state index in [2.05, 4.69) is 10.6 Å². The van der Waals surface area contributed by atoms with Crippen LogP contribution in [0, 0.1) is 0 Å². The van der Waals surface area contributed by atoms with Crippen molar-refractivity contribution in [3.8, 4) is 0 Å². The number of anilines is 1. The molecule has 0 unspecified atom stereocenters. The van der Waals surface area contributed by atoms with Crippen molar-refractivity contribution in [3.05, 3.63) is 29.8 Å². The number of carbonyl (C=O) groups is 2. The quantitative estimate of drug-likeness (QED) is 0.593. The normalized spacial score (nSPS) is 10.1. The Morgan fingerprint density at radius 3 is 2.71 bits per heavy atom. The summed E-state index contributed by atoms with van der Waals surface area (Å²) in [5, 5.41) is 13.7. The van der Waals surface area contributed by atoms with Gasteiger partial charge in [0, 0.05) is 19.3 Å². The van der Waals surface area contributed by atoms with Crippen LogP contribution in [0.2, 0.25) is 0 Å². The number of carbonyl (C=O) groups excluding carboxylic acids is 1. The molecule has 1 aromatic rings. The molecule has 116 valence electrons. The molecule has 0 radical (unpaired) electrons. The molecule has 0 aliphatic heterocycles. The largest absolute Gasteiger partial charge is 0.480 e. The van der Waals surface area contributed by atoms with Crippen molar-refractivity contribution in [2.24, 2.45) is 0 Å². The van der Waals surface area contributed by atoms with E-state index < -0.39 is 5.97 Å². The summed E-state index contributed by atoms with van der Waals surface area (Å²) in [5.41, 5.74) is 1.70. The van der Waals surface area contributed by atoms with Gasteiger partial charge in [-0.3, -0.25) is 0 Å². The Labute approximate surface area is 123 Å². The number of carboxylic acids is 1. The minimum atomic E-state index is -1.04. The second-order valence-corrected chi connectivity index (χ2v) is 4.23. The summed E-state index contributed by atoms with van der Waals surface area (Å²) in [7, 11) is 1.62. The third-order valence-electron chi connectivity index (χ3n) is 2.60. The zero-order valence-electron chi connectivity index (χ0n) is 11.9. The zero-order valence-corrected chi connectivity index (χ0v) is 11.9. The zero-order chi connectivity index (χ0) is 15.5. The summed E-state index contributed by atoms with van der Waals surface area (Å²) in [6.07, 6.45) is 0.703. The summed E-state index contributed by atoms with van der Waals surface area (Å²) in [6, 6.07) is 7.10. The molecule has 0 saturated heterocycles. The fourth-order valence-corrected chi connectivity index (χ4v) is 1.63. The topological polar surface area (TPSA) is 96.9 Å². The number of hydrogen-bond donors (Lipinski definition) is 3. The van der Waals surface area contributed by atoms with Gasteiger partial charge in [-0.05, 0) is 18.1 Å². The summed E-state index contributed by atoms with van der Waals surface area (Å²) in [4.78, 5) is 21.9. The minimum Gasteiger partial charge on any atom is -0.480 e.